The van der Waals surface area contributed by atoms with Gasteiger partial charge in [0.25, 0.3) is 0 Å². The molecule has 1 saturated heterocycles. The van der Waals surface area contributed by atoms with Crippen LogP contribution in [0.2, 0.25) is 0 Å². The zero-order valence-electron chi connectivity index (χ0n) is 16.3. The van der Waals surface area contributed by atoms with E-state index in [0.29, 0.717) is 12.5 Å². The maximum atomic E-state index is 13.1. The molecule has 3 heterocycles. The number of benzene rings is 1. The van der Waals surface area contributed by atoms with Crippen molar-refractivity contribution in [1.29, 1.82) is 0 Å². The third kappa shape index (κ3) is 3.83. The van der Waals surface area contributed by atoms with Gasteiger partial charge in [-0.2, -0.15) is 0 Å². The third-order valence-electron chi connectivity index (χ3n) is 5.29. The summed E-state index contributed by atoms with van der Waals surface area (Å²) in [5.41, 5.74) is 1.91. The number of H-pyrrole nitrogens is 1. The molecule has 1 aliphatic heterocycles. The normalized spacial score (nSPS) is 18.4. The van der Waals surface area contributed by atoms with Crippen LogP contribution in [-0.4, -0.2) is 38.9 Å². The van der Waals surface area contributed by atoms with Crippen molar-refractivity contribution in [2.75, 3.05) is 18.0 Å². The van der Waals surface area contributed by atoms with Gasteiger partial charge in [-0.25, -0.2) is 15.0 Å². The molecule has 0 spiro atoms. The molecule has 7 nitrogen and oxygen atoms in total. The molecular weight excluding hydrogens is 352 g/mol. The highest BCUT2D eigenvalue weighted by Gasteiger charge is 2.30. The first-order chi connectivity index (χ1) is 13.6. The fourth-order valence-electron chi connectivity index (χ4n) is 3.77. The van der Waals surface area contributed by atoms with Crippen LogP contribution in [0.3, 0.4) is 0 Å². The molecule has 1 fully saturated rings. The van der Waals surface area contributed by atoms with Crippen molar-refractivity contribution < 1.29 is 4.79 Å². The molecule has 3 aromatic rings. The summed E-state index contributed by atoms with van der Waals surface area (Å²) in [4.78, 5) is 31.9. The standard InChI is InChI=1S/C21H26N6O/c1-14(2)18(19-24-16-8-3-4-9-17(16)25-19)26-20(28)15-7-5-12-27(13-15)21-22-10-6-11-23-21/h3-4,6,8-11,14-15,18H,5,7,12-13H2,1-2H3,(H,24,25)(H,26,28)/t15-,18+/m1/s1. The maximum Gasteiger partial charge on any atom is 0.225 e. The Bertz CT molecular complexity index is 905. The highest BCUT2D eigenvalue weighted by molar-refractivity contribution is 5.80. The van der Waals surface area contributed by atoms with Crippen molar-refractivity contribution in [2.45, 2.75) is 32.7 Å². The van der Waals surface area contributed by atoms with Crippen LogP contribution >= 0.6 is 0 Å². The molecule has 4 rings (SSSR count). The number of hydrogen-bond donors (Lipinski definition) is 2. The van der Waals surface area contributed by atoms with Crippen LogP contribution in [0.25, 0.3) is 11.0 Å². The monoisotopic (exact) mass is 378 g/mol. The van der Waals surface area contributed by atoms with Crippen molar-refractivity contribution >= 4 is 22.9 Å². The number of rotatable bonds is 5. The molecule has 1 aromatic carbocycles. The van der Waals surface area contributed by atoms with Gasteiger partial charge < -0.3 is 15.2 Å². The van der Waals surface area contributed by atoms with Gasteiger partial charge in [-0.1, -0.05) is 26.0 Å². The van der Waals surface area contributed by atoms with E-state index in [-0.39, 0.29) is 23.8 Å². The third-order valence-corrected chi connectivity index (χ3v) is 5.29. The van der Waals surface area contributed by atoms with Crippen molar-refractivity contribution in [3.05, 3.63) is 48.5 Å². The van der Waals surface area contributed by atoms with E-state index < -0.39 is 0 Å². The largest absolute Gasteiger partial charge is 0.346 e. The van der Waals surface area contributed by atoms with Crippen LogP contribution in [-0.2, 0) is 4.79 Å². The Labute approximate surface area is 164 Å². The van der Waals surface area contributed by atoms with Crippen molar-refractivity contribution in [3.8, 4) is 0 Å². The summed E-state index contributed by atoms with van der Waals surface area (Å²) < 4.78 is 0. The number of fused-ring (bicyclic) bond motifs is 1. The number of para-hydroxylation sites is 2. The molecule has 7 heteroatoms. The Morgan fingerprint density at radius 1 is 1.21 bits per heavy atom. The molecule has 1 aliphatic rings. The average Bonchev–Trinajstić information content (AvgIpc) is 3.16. The molecule has 2 aromatic heterocycles. The number of hydrogen-bond acceptors (Lipinski definition) is 5. The summed E-state index contributed by atoms with van der Waals surface area (Å²) in [6.07, 6.45) is 5.30. The SMILES string of the molecule is CC(C)[C@H](NC(=O)[C@@H]1CCCN(c2ncccn2)C1)c1nc2ccccc2[nH]1. The highest BCUT2D eigenvalue weighted by Crippen LogP contribution is 2.25. The topological polar surface area (TPSA) is 86.8 Å². The predicted octanol–water partition coefficient (Wildman–Crippen LogP) is 3.08. The number of aromatic amines is 1. The zero-order valence-corrected chi connectivity index (χ0v) is 16.3. The van der Waals surface area contributed by atoms with Gasteiger partial charge in [0.1, 0.15) is 5.82 Å². The van der Waals surface area contributed by atoms with Gasteiger partial charge >= 0.3 is 0 Å². The van der Waals surface area contributed by atoms with E-state index in [1.54, 1.807) is 18.5 Å². The molecule has 28 heavy (non-hydrogen) atoms. The lowest BCUT2D eigenvalue weighted by molar-refractivity contribution is -0.126. The molecule has 0 unspecified atom stereocenters. The number of aromatic nitrogens is 4. The van der Waals surface area contributed by atoms with Crippen molar-refractivity contribution in [2.24, 2.45) is 11.8 Å². The summed E-state index contributed by atoms with van der Waals surface area (Å²) >= 11 is 0. The number of imidazole rings is 1. The fraction of sp³-hybridized carbons (Fsp3) is 0.429. The van der Waals surface area contributed by atoms with Gasteiger partial charge in [0.05, 0.1) is 23.0 Å². The Kier molecular flexibility index (Phi) is 5.23. The molecule has 2 N–H and O–H groups in total. The summed E-state index contributed by atoms with van der Waals surface area (Å²) in [5.74, 6) is 1.71. The smallest absolute Gasteiger partial charge is 0.225 e. The number of anilines is 1. The molecule has 0 saturated carbocycles. The van der Waals surface area contributed by atoms with Gasteiger partial charge in [0.15, 0.2) is 0 Å². The number of piperidine rings is 1. The van der Waals surface area contributed by atoms with Crippen LogP contribution in [0.1, 0.15) is 38.6 Å². The number of carbonyl (C=O) groups is 1. The first-order valence-corrected chi connectivity index (χ1v) is 9.89. The predicted molar refractivity (Wildman–Crippen MR) is 109 cm³/mol. The number of nitrogens with one attached hydrogen (secondary N) is 2. The molecular formula is C21H26N6O. The molecule has 0 aliphatic carbocycles. The summed E-state index contributed by atoms with van der Waals surface area (Å²) in [6.45, 7) is 5.72. The molecule has 0 radical (unpaired) electrons. The lowest BCUT2D eigenvalue weighted by Crippen LogP contribution is -2.45. The second-order valence-corrected chi connectivity index (χ2v) is 7.70. The first kappa shape index (κ1) is 18.4. The summed E-state index contributed by atoms with van der Waals surface area (Å²) in [7, 11) is 0. The minimum Gasteiger partial charge on any atom is -0.346 e. The van der Waals surface area contributed by atoms with Crippen LogP contribution < -0.4 is 10.2 Å². The van der Waals surface area contributed by atoms with E-state index in [1.165, 1.54) is 0 Å². The molecule has 0 bridgehead atoms. The Balaban J connectivity index is 1.48. The van der Waals surface area contributed by atoms with Gasteiger partial charge in [-0.15, -0.1) is 0 Å². The average molecular weight is 378 g/mol. The summed E-state index contributed by atoms with van der Waals surface area (Å²) in [6, 6.07) is 9.59. The van der Waals surface area contributed by atoms with E-state index in [1.807, 2.05) is 24.3 Å². The molecule has 146 valence electrons. The molecule has 1 amide bonds. The molecule has 2 atom stereocenters. The lowest BCUT2D eigenvalue weighted by Gasteiger charge is -2.33. The van der Waals surface area contributed by atoms with Gasteiger partial charge in [0.2, 0.25) is 11.9 Å². The second kappa shape index (κ2) is 7.96. The second-order valence-electron chi connectivity index (χ2n) is 7.70. The highest BCUT2D eigenvalue weighted by atomic mass is 16.2. The number of nitrogens with zero attached hydrogens (tertiary/aromatic N) is 4. The van der Waals surface area contributed by atoms with Gasteiger partial charge in [-0.05, 0) is 37.0 Å². The van der Waals surface area contributed by atoms with Crippen molar-refractivity contribution in [3.63, 3.8) is 0 Å². The van der Waals surface area contributed by atoms with E-state index >= 15 is 0 Å². The Morgan fingerprint density at radius 2 is 2.00 bits per heavy atom. The van der Waals surface area contributed by atoms with Crippen molar-refractivity contribution in [1.82, 2.24) is 25.3 Å². The lowest BCUT2D eigenvalue weighted by atomic mass is 9.95. The Morgan fingerprint density at radius 3 is 2.75 bits per heavy atom. The summed E-state index contributed by atoms with van der Waals surface area (Å²) in [5, 5.41) is 3.24. The first-order valence-electron chi connectivity index (χ1n) is 9.89. The van der Waals surface area contributed by atoms with Gasteiger partial charge in [-0.3, -0.25) is 4.79 Å². The number of carbonyl (C=O) groups excluding carboxylic acids is 1. The maximum absolute atomic E-state index is 13.1. The van der Waals surface area contributed by atoms with Crippen LogP contribution in [0.5, 0.6) is 0 Å². The minimum absolute atomic E-state index is 0.0692. The van der Waals surface area contributed by atoms with Crippen LogP contribution in [0.4, 0.5) is 5.95 Å². The van der Waals surface area contributed by atoms with E-state index in [2.05, 4.69) is 39.0 Å². The van der Waals surface area contributed by atoms with Crippen LogP contribution in [0.15, 0.2) is 42.7 Å². The van der Waals surface area contributed by atoms with Gasteiger partial charge in [0, 0.05) is 25.5 Å². The van der Waals surface area contributed by atoms with E-state index in [0.717, 1.165) is 36.2 Å². The number of amides is 1. The minimum atomic E-state index is -0.150. The quantitative estimate of drug-likeness (QED) is 0.712. The van der Waals surface area contributed by atoms with E-state index in [9.17, 15) is 4.79 Å². The fourth-order valence-corrected chi connectivity index (χ4v) is 3.77. The van der Waals surface area contributed by atoms with E-state index in [4.69, 9.17) is 4.98 Å². The zero-order chi connectivity index (χ0) is 19.5. The Hall–Kier alpha value is -2.96. The van der Waals surface area contributed by atoms with Crippen LogP contribution in [0, 0.1) is 11.8 Å².